The summed E-state index contributed by atoms with van der Waals surface area (Å²) in [7, 11) is -3.35. The summed E-state index contributed by atoms with van der Waals surface area (Å²) in [5.41, 5.74) is 2.10. The molecule has 7 heteroatoms. The van der Waals surface area contributed by atoms with Crippen molar-refractivity contribution in [2.75, 3.05) is 6.26 Å². The zero-order chi connectivity index (χ0) is 18.2. The summed E-state index contributed by atoms with van der Waals surface area (Å²) in [5.74, 6) is -1.49. The Morgan fingerprint density at radius 3 is 2.20 bits per heavy atom. The largest absolute Gasteiger partial charge is 0.480 e. The summed E-state index contributed by atoms with van der Waals surface area (Å²) in [5, 5.41) is 9.51. The van der Waals surface area contributed by atoms with Gasteiger partial charge in [0.2, 0.25) is 0 Å². The number of carbonyl (C=O) groups is 2. The molecule has 130 valence electrons. The van der Waals surface area contributed by atoms with Crippen LogP contribution in [0.3, 0.4) is 0 Å². The molecular weight excluding hydrogens is 342 g/mol. The molecule has 1 heterocycles. The van der Waals surface area contributed by atoms with E-state index in [-0.39, 0.29) is 23.4 Å². The third kappa shape index (κ3) is 3.41. The molecule has 2 aromatic carbocycles. The highest BCUT2D eigenvalue weighted by Crippen LogP contribution is 2.25. The van der Waals surface area contributed by atoms with Crippen molar-refractivity contribution in [1.29, 1.82) is 0 Å². The molecule has 0 saturated carbocycles. The maximum atomic E-state index is 12.8. The van der Waals surface area contributed by atoms with Gasteiger partial charge >= 0.3 is 5.97 Å². The number of hydrogen-bond acceptors (Lipinski definition) is 4. The molecule has 6 nitrogen and oxygen atoms in total. The normalized spacial score (nSPS) is 17.0. The molecule has 0 spiro atoms. The maximum absolute atomic E-state index is 12.8. The smallest absolute Gasteiger partial charge is 0.326 e. The minimum absolute atomic E-state index is 0.114. The first-order chi connectivity index (χ1) is 11.8. The highest BCUT2D eigenvalue weighted by molar-refractivity contribution is 7.90. The van der Waals surface area contributed by atoms with Gasteiger partial charge in [-0.15, -0.1) is 0 Å². The van der Waals surface area contributed by atoms with Crippen LogP contribution in [0.2, 0.25) is 0 Å². The summed E-state index contributed by atoms with van der Waals surface area (Å²) in [6.07, 6.45) is 1.34. The second kappa shape index (κ2) is 6.33. The Balaban J connectivity index is 1.93. The van der Waals surface area contributed by atoms with Gasteiger partial charge < -0.3 is 10.0 Å². The average molecular weight is 359 g/mol. The first-order valence-corrected chi connectivity index (χ1v) is 9.57. The van der Waals surface area contributed by atoms with Gasteiger partial charge in [0.15, 0.2) is 9.84 Å². The Morgan fingerprint density at radius 2 is 1.64 bits per heavy atom. The predicted octanol–water partition coefficient (Wildman–Crippen LogP) is 1.74. The zero-order valence-corrected chi connectivity index (χ0v) is 14.4. The van der Waals surface area contributed by atoms with E-state index in [4.69, 9.17) is 0 Å². The van der Waals surface area contributed by atoms with Crippen LogP contribution in [-0.4, -0.2) is 42.6 Å². The van der Waals surface area contributed by atoms with E-state index >= 15 is 0 Å². The number of benzene rings is 2. The maximum Gasteiger partial charge on any atom is 0.326 e. The van der Waals surface area contributed by atoms with E-state index in [1.54, 1.807) is 0 Å². The molecule has 1 aliphatic rings. The second-order valence-corrected chi connectivity index (χ2v) is 8.07. The zero-order valence-electron chi connectivity index (χ0n) is 13.5. The first kappa shape index (κ1) is 17.2. The number of rotatable bonds is 3. The van der Waals surface area contributed by atoms with E-state index in [2.05, 4.69) is 0 Å². The van der Waals surface area contributed by atoms with Crippen LogP contribution in [-0.2, 0) is 27.6 Å². The standard InChI is InChI=1S/C18H17NO5S/c1-25(23,24)15-8-6-12(7-9-15)17(20)19-11-14-5-3-2-4-13(14)10-16(19)18(21)22/h2-9,16H,10-11H2,1H3,(H,21,22)/t16-/m1/s1. The lowest BCUT2D eigenvalue weighted by molar-refractivity contribution is -0.142. The highest BCUT2D eigenvalue weighted by Gasteiger charge is 2.34. The Labute approximate surface area is 145 Å². The van der Waals surface area contributed by atoms with Crippen LogP contribution in [0.15, 0.2) is 53.4 Å². The first-order valence-electron chi connectivity index (χ1n) is 7.68. The van der Waals surface area contributed by atoms with Crippen molar-refractivity contribution >= 4 is 21.7 Å². The Morgan fingerprint density at radius 1 is 1.04 bits per heavy atom. The number of sulfone groups is 1. The molecule has 0 fully saturated rings. The Kier molecular flexibility index (Phi) is 4.34. The summed E-state index contributed by atoms with van der Waals surface area (Å²) < 4.78 is 23.0. The molecule has 1 N–H and O–H groups in total. The fraction of sp³-hybridized carbons (Fsp3) is 0.222. The van der Waals surface area contributed by atoms with Gasteiger partial charge in [-0.1, -0.05) is 24.3 Å². The molecule has 3 rings (SSSR count). The average Bonchev–Trinajstić information content (AvgIpc) is 2.59. The predicted molar refractivity (Wildman–Crippen MR) is 91.0 cm³/mol. The fourth-order valence-corrected chi connectivity index (χ4v) is 3.60. The van der Waals surface area contributed by atoms with Gasteiger partial charge in [-0.3, -0.25) is 4.79 Å². The number of nitrogens with zero attached hydrogens (tertiary/aromatic N) is 1. The number of carboxylic acid groups (broad SMARTS) is 1. The van der Waals surface area contributed by atoms with E-state index in [1.807, 2.05) is 24.3 Å². The van der Waals surface area contributed by atoms with Gasteiger partial charge in [-0.25, -0.2) is 13.2 Å². The van der Waals surface area contributed by atoms with Crippen LogP contribution < -0.4 is 0 Å². The van der Waals surface area contributed by atoms with Crippen molar-refractivity contribution in [3.63, 3.8) is 0 Å². The van der Waals surface area contributed by atoms with Gasteiger partial charge in [0.05, 0.1) is 4.90 Å². The van der Waals surface area contributed by atoms with E-state index in [0.29, 0.717) is 0 Å². The molecule has 0 radical (unpaired) electrons. The van der Waals surface area contributed by atoms with Crippen molar-refractivity contribution in [2.24, 2.45) is 0 Å². The molecule has 25 heavy (non-hydrogen) atoms. The van der Waals surface area contributed by atoms with Gasteiger partial charge in [0, 0.05) is 24.8 Å². The van der Waals surface area contributed by atoms with Gasteiger partial charge in [0.25, 0.3) is 5.91 Å². The number of carbonyl (C=O) groups excluding carboxylic acids is 1. The molecule has 0 unspecified atom stereocenters. The van der Waals surface area contributed by atoms with Crippen molar-refractivity contribution in [3.05, 3.63) is 65.2 Å². The van der Waals surface area contributed by atoms with Crippen LogP contribution in [0.25, 0.3) is 0 Å². The number of aliphatic carboxylic acids is 1. The summed E-state index contributed by atoms with van der Waals surface area (Å²) >= 11 is 0. The molecule has 2 aromatic rings. The molecule has 1 atom stereocenters. The summed E-state index contributed by atoms with van der Waals surface area (Å²) in [6.45, 7) is 0.208. The molecule has 1 amide bonds. The SMILES string of the molecule is CS(=O)(=O)c1ccc(C(=O)N2Cc3ccccc3C[C@@H]2C(=O)O)cc1. The third-order valence-corrected chi connectivity index (χ3v) is 5.45. The van der Waals surface area contributed by atoms with Crippen molar-refractivity contribution in [1.82, 2.24) is 4.90 Å². The minimum atomic E-state index is -3.35. The third-order valence-electron chi connectivity index (χ3n) is 4.32. The molecule has 1 aliphatic heterocycles. The fourth-order valence-electron chi connectivity index (χ4n) is 2.97. The van der Waals surface area contributed by atoms with Crippen LogP contribution in [0.4, 0.5) is 0 Å². The lowest BCUT2D eigenvalue weighted by Crippen LogP contribution is -2.48. The molecule has 0 aromatic heterocycles. The highest BCUT2D eigenvalue weighted by atomic mass is 32.2. The molecular formula is C18H17NO5S. The van der Waals surface area contributed by atoms with Crippen LogP contribution in [0, 0.1) is 0 Å². The van der Waals surface area contributed by atoms with E-state index in [0.717, 1.165) is 17.4 Å². The van der Waals surface area contributed by atoms with Crippen molar-refractivity contribution in [2.45, 2.75) is 23.9 Å². The number of fused-ring (bicyclic) bond motifs is 1. The lowest BCUT2D eigenvalue weighted by Gasteiger charge is -2.34. The molecule has 0 bridgehead atoms. The van der Waals surface area contributed by atoms with Crippen LogP contribution in [0.1, 0.15) is 21.5 Å². The van der Waals surface area contributed by atoms with Gasteiger partial charge in [-0.05, 0) is 35.4 Å². The molecule has 0 saturated heterocycles. The van der Waals surface area contributed by atoms with Crippen molar-refractivity contribution in [3.8, 4) is 0 Å². The number of hydrogen-bond donors (Lipinski definition) is 1. The van der Waals surface area contributed by atoms with Gasteiger partial charge in [0.1, 0.15) is 6.04 Å². The van der Waals surface area contributed by atoms with Crippen LogP contribution in [0.5, 0.6) is 0 Å². The Bertz CT molecular complexity index is 934. The summed E-state index contributed by atoms with van der Waals surface area (Å²) in [6, 6.07) is 12.0. The van der Waals surface area contributed by atoms with Crippen LogP contribution >= 0.6 is 0 Å². The van der Waals surface area contributed by atoms with E-state index in [9.17, 15) is 23.1 Å². The van der Waals surface area contributed by atoms with Gasteiger partial charge in [-0.2, -0.15) is 0 Å². The monoisotopic (exact) mass is 359 g/mol. The van der Waals surface area contributed by atoms with E-state index in [1.165, 1.54) is 29.2 Å². The number of carboxylic acids is 1. The van der Waals surface area contributed by atoms with E-state index < -0.39 is 27.8 Å². The number of amides is 1. The topological polar surface area (TPSA) is 91.8 Å². The quantitative estimate of drug-likeness (QED) is 0.901. The molecule has 0 aliphatic carbocycles. The van der Waals surface area contributed by atoms with Crippen molar-refractivity contribution < 1.29 is 23.1 Å². The minimum Gasteiger partial charge on any atom is -0.480 e. The summed E-state index contributed by atoms with van der Waals surface area (Å²) in [4.78, 5) is 25.9. The second-order valence-electron chi connectivity index (χ2n) is 6.06. The Hall–Kier alpha value is -2.67. The lowest BCUT2D eigenvalue weighted by atomic mass is 9.93.